The lowest BCUT2D eigenvalue weighted by atomic mass is 10.1. The van der Waals surface area contributed by atoms with E-state index in [9.17, 15) is 14.0 Å². The Labute approximate surface area is 184 Å². The molecule has 6 nitrogen and oxygen atoms in total. The predicted octanol–water partition coefficient (Wildman–Crippen LogP) is 3.76. The Hall–Kier alpha value is -3.26. The van der Waals surface area contributed by atoms with Crippen LogP contribution in [0.3, 0.4) is 0 Å². The highest BCUT2D eigenvalue weighted by atomic mass is 32.1. The molecular formula is C23H23FN2O4S. The van der Waals surface area contributed by atoms with Gasteiger partial charge >= 0.3 is 5.97 Å². The highest BCUT2D eigenvalue weighted by Gasteiger charge is 2.23. The number of fused-ring (bicyclic) bond motifs is 1. The lowest BCUT2D eigenvalue weighted by Gasteiger charge is -2.12. The average Bonchev–Trinajstić information content (AvgIpc) is 2.97. The Morgan fingerprint density at radius 1 is 1.23 bits per heavy atom. The number of rotatable bonds is 6. The van der Waals surface area contributed by atoms with Gasteiger partial charge in [-0.25, -0.2) is 4.39 Å². The van der Waals surface area contributed by atoms with Crippen molar-refractivity contribution in [2.24, 2.45) is 0 Å². The third-order valence-electron chi connectivity index (χ3n) is 5.20. The Kier molecular flexibility index (Phi) is 6.40. The van der Waals surface area contributed by atoms with Crippen LogP contribution >= 0.6 is 12.2 Å². The maximum atomic E-state index is 14.6. The SMILES string of the molecule is COc1cc2c(CC(=O)NC(C)C(=O)O)c(C)n(C(=S)c3ccc(C)cc3)c2cc1F. The van der Waals surface area contributed by atoms with Gasteiger partial charge in [0.25, 0.3) is 0 Å². The fraction of sp³-hybridized carbons (Fsp3) is 0.261. The summed E-state index contributed by atoms with van der Waals surface area (Å²) in [5.41, 5.74) is 3.67. The molecule has 31 heavy (non-hydrogen) atoms. The summed E-state index contributed by atoms with van der Waals surface area (Å²) >= 11 is 5.71. The predicted molar refractivity (Wildman–Crippen MR) is 120 cm³/mol. The maximum Gasteiger partial charge on any atom is 0.325 e. The zero-order valence-electron chi connectivity index (χ0n) is 17.7. The largest absolute Gasteiger partial charge is 0.494 e. The van der Waals surface area contributed by atoms with Crippen molar-refractivity contribution in [1.82, 2.24) is 9.88 Å². The number of methoxy groups -OCH3 is 1. The quantitative estimate of drug-likeness (QED) is 0.568. The van der Waals surface area contributed by atoms with Crippen LogP contribution in [0.25, 0.3) is 10.9 Å². The third kappa shape index (κ3) is 4.44. The number of halogens is 1. The Balaban J connectivity index is 2.14. The molecule has 2 N–H and O–H groups in total. The van der Waals surface area contributed by atoms with Gasteiger partial charge in [0.05, 0.1) is 19.0 Å². The molecule has 0 radical (unpaired) electrons. The molecule has 1 heterocycles. The summed E-state index contributed by atoms with van der Waals surface area (Å²) in [7, 11) is 1.37. The van der Waals surface area contributed by atoms with Crippen molar-refractivity contribution >= 4 is 40.0 Å². The van der Waals surface area contributed by atoms with Crippen LogP contribution in [0.1, 0.15) is 29.3 Å². The van der Waals surface area contributed by atoms with Crippen LogP contribution in [0.15, 0.2) is 36.4 Å². The second-order valence-electron chi connectivity index (χ2n) is 7.38. The number of thiocarbonyl (C=S) groups is 1. The van der Waals surface area contributed by atoms with E-state index >= 15 is 0 Å². The zero-order chi connectivity index (χ0) is 22.9. The van der Waals surface area contributed by atoms with Crippen LogP contribution in [0.5, 0.6) is 5.75 Å². The monoisotopic (exact) mass is 442 g/mol. The zero-order valence-corrected chi connectivity index (χ0v) is 18.5. The molecule has 3 aromatic rings. The lowest BCUT2D eigenvalue weighted by Crippen LogP contribution is -2.39. The van der Waals surface area contributed by atoms with E-state index in [2.05, 4.69) is 5.32 Å². The third-order valence-corrected chi connectivity index (χ3v) is 5.61. The maximum absolute atomic E-state index is 14.6. The molecule has 2 aromatic carbocycles. The molecule has 0 spiro atoms. The van der Waals surface area contributed by atoms with Gasteiger partial charge in [-0.15, -0.1) is 0 Å². The van der Waals surface area contributed by atoms with Gasteiger partial charge in [-0.1, -0.05) is 42.0 Å². The summed E-state index contributed by atoms with van der Waals surface area (Å²) in [5.74, 6) is -2.08. The van der Waals surface area contributed by atoms with Crippen LogP contribution in [0.4, 0.5) is 4.39 Å². The number of aliphatic carboxylic acids is 1. The van der Waals surface area contributed by atoms with E-state index in [1.165, 1.54) is 26.2 Å². The summed E-state index contributed by atoms with van der Waals surface area (Å²) in [6.07, 6.45) is -0.0851. The summed E-state index contributed by atoms with van der Waals surface area (Å²) in [6, 6.07) is 9.51. The molecule has 1 amide bonds. The number of amides is 1. The number of ether oxygens (including phenoxy) is 1. The number of carbonyl (C=O) groups excluding carboxylic acids is 1. The van der Waals surface area contributed by atoms with Crippen LogP contribution in [-0.2, 0) is 16.0 Å². The van der Waals surface area contributed by atoms with Crippen LogP contribution in [0, 0.1) is 19.7 Å². The minimum Gasteiger partial charge on any atom is -0.494 e. The summed E-state index contributed by atoms with van der Waals surface area (Å²) in [6.45, 7) is 5.16. The van der Waals surface area contributed by atoms with Crippen molar-refractivity contribution < 1.29 is 23.8 Å². The van der Waals surface area contributed by atoms with Crippen molar-refractivity contribution in [2.45, 2.75) is 33.2 Å². The van der Waals surface area contributed by atoms with E-state index in [1.807, 2.05) is 31.2 Å². The van der Waals surface area contributed by atoms with Gasteiger partial charge in [-0.05, 0) is 32.4 Å². The van der Waals surface area contributed by atoms with Crippen molar-refractivity contribution in [3.63, 3.8) is 0 Å². The fourth-order valence-corrected chi connectivity index (χ4v) is 3.83. The average molecular weight is 443 g/mol. The molecular weight excluding hydrogens is 419 g/mol. The number of carboxylic acid groups (broad SMARTS) is 1. The number of nitrogens with zero attached hydrogens (tertiary/aromatic N) is 1. The first kappa shape index (κ1) is 22.4. The highest BCUT2D eigenvalue weighted by Crippen LogP contribution is 2.32. The number of aromatic nitrogens is 1. The van der Waals surface area contributed by atoms with Gasteiger partial charge in [0.1, 0.15) is 11.0 Å². The first-order valence-electron chi connectivity index (χ1n) is 9.65. The molecule has 0 saturated carbocycles. The topological polar surface area (TPSA) is 80.6 Å². The van der Waals surface area contributed by atoms with E-state index in [0.717, 1.165) is 11.1 Å². The molecule has 8 heteroatoms. The van der Waals surface area contributed by atoms with Crippen molar-refractivity contribution in [1.29, 1.82) is 0 Å². The molecule has 0 fully saturated rings. The Morgan fingerprint density at radius 2 is 1.87 bits per heavy atom. The van der Waals surface area contributed by atoms with Gasteiger partial charge in [0.15, 0.2) is 11.6 Å². The molecule has 0 saturated heterocycles. The van der Waals surface area contributed by atoms with E-state index < -0.39 is 23.7 Å². The van der Waals surface area contributed by atoms with Crippen molar-refractivity contribution in [3.8, 4) is 5.75 Å². The summed E-state index contributed by atoms with van der Waals surface area (Å²) < 4.78 is 21.4. The second-order valence-corrected chi connectivity index (χ2v) is 7.77. The number of hydrogen-bond acceptors (Lipinski definition) is 4. The van der Waals surface area contributed by atoms with Crippen LogP contribution < -0.4 is 10.1 Å². The second kappa shape index (κ2) is 8.85. The molecule has 0 bridgehead atoms. The van der Waals surface area contributed by atoms with Gasteiger partial charge < -0.3 is 19.7 Å². The molecule has 0 aliphatic rings. The van der Waals surface area contributed by atoms with Crippen molar-refractivity contribution in [3.05, 3.63) is 64.6 Å². The Bertz CT molecular complexity index is 1180. The van der Waals surface area contributed by atoms with Crippen LogP contribution in [-0.4, -0.2) is 39.7 Å². The molecule has 1 aromatic heterocycles. The first-order valence-corrected chi connectivity index (χ1v) is 10.1. The van der Waals surface area contributed by atoms with E-state index in [0.29, 0.717) is 27.1 Å². The lowest BCUT2D eigenvalue weighted by molar-refractivity contribution is -0.141. The minimum absolute atomic E-state index is 0.0477. The number of carbonyl (C=O) groups is 2. The number of carboxylic acids is 1. The van der Waals surface area contributed by atoms with Gasteiger partial charge in [0, 0.05) is 22.7 Å². The summed E-state index contributed by atoms with van der Waals surface area (Å²) in [5, 5.41) is 12.1. The summed E-state index contributed by atoms with van der Waals surface area (Å²) in [4.78, 5) is 24.0. The smallest absolute Gasteiger partial charge is 0.325 e. The molecule has 0 aliphatic carbocycles. The van der Waals surface area contributed by atoms with Gasteiger partial charge in [-0.2, -0.15) is 0 Å². The van der Waals surface area contributed by atoms with E-state index in [4.69, 9.17) is 22.1 Å². The molecule has 1 unspecified atom stereocenters. The van der Waals surface area contributed by atoms with Gasteiger partial charge in [-0.3, -0.25) is 9.59 Å². The first-order chi connectivity index (χ1) is 14.6. The molecule has 162 valence electrons. The minimum atomic E-state index is -1.13. The van der Waals surface area contributed by atoms with Crippen LogP contribution in [0.2, 0.25) is 0 Å². The number of aryl methyl sites for hydroxylation is 1. The van der Waals surface area contributed by atoms with E-state index in [-0.39, 0.29) is 12.2 Å². The molecule has 3 rings (SSSR count). The Morgan fingerprint density at radius 3 is 2.45 bits per heavy atom. The standard InChI is InChI=1S/C23H23FN2O4S/c1-12-5-7-15(8-6-12)22(31)26-14(3)16(10-21(27)25-13(2)23(28)29)17-9-20(30-4)18(24)11-19(17)26/h5-9,11,13H,10H2,1-4H3,(H,25,27)(H,28,29). The fourth-order valence-electron chi connectivity index (χ4n) is 3.46. The number of nitrogens with one attached hydrogen (secondary N) is 1. The highest BCUT2D eigenvalue weighted by molar-refractivity contribution is 7.80. The van der Waals surface area contributed by atoms with E-state index in [1.54, 1.807) is 11.5 Å². The molecule has 0 aliphatic heterocycles. The molecule has 1 atom stereocenters. The van der Waals surface area contributed by atoms with Crippen molar-refractivity contribution in [2.75, 3.05) is 7.11 Å². The number of hydrogen-bond donors (Lipinski definition) is 2. The normalized spacial score (nSPS) is 11.9. The van der Waals surface area contributed by atoms with Gasteiger partial charge in [0.2, 0.25) is 5.91 Å². The number of benzene rings is 2.